The van der Waals surface area contributed by atoms with Crippen LogP contribution in [-0.2, 0) is 28.6 Å². The Morgan fingerprint density at radius 3 is 2.21 bits per heavy atom. The van der Waals surface area contributed by atoms with Gasteiger partial charge in [0.25, 0.3) is 5.91 Å². The van der Waals surface area contributed by atoms with Gasteiger partial charge in [0.2, 0.25) is 0 Å². The standard InChI is InChI=1S/C30H30FNO6S/c1-30(2,3)23-10-8-22(9-11-23)29(33)32(20-25-6-5-17-37-25)19-21-7-16-27(36-4)28(18-21)38-39(34,35)26-14-12-24(31)13-15-26/h5-18H,19-20H2,1-4H3. The van der Waals surface area contributed by atoms with E-state index in [4.69, 9.17) is 13.3 Å². The smallest absolute Gasteiger partial charge is 0.339 e. The summed E-state index contributed by atoms with van der Waals surface area (Å²) in [4.78, 5) is 15.0. The fourth-order valence-corrected chi connectivity index (χ4v) is 4.89. The Bertz CT molecular complexity index is 1520. The van der Waals surface area contributed by atoms with Crippen molar-refractivity contribution in [2.45, 2.75) is 44.2 Å². The van der Waals surface area contributed by atoms with E-state index >= 15 is 0 Å². The Balaban J connectivity index is 1.63. The van der Waals surface area contributed by atoms with Crippen LogP contribution in [0.15, 0.2) is 94.4 Å². The number of carbonyl (C=O) groups excluding carboxylic acids is 1. The van der Waals surface area contributed by atoms with Crippen LogP contribution in [0.25, 0.3) is 0 Å². The fourth-order valence-electron chi connectivity index (χ4n) is 3.96. The monoisotopic (exact) mass is 551 g/mol. The number of hydrogen-bond acceptors (Lipinski definition) is 6. The Hall–Kier alpha value is -4.11. The molecule has 0 fully saturated rings. The van der Waals surface area contributed by atoms with Crippen molar-refractivity contribution < 1.29 is 30.9 Å². The van der Waals surface area contributed by atoms with Crippen LogP contribution >= 0.6 is 0 Å². The average Bonchev–Trinajstić information content (AvgIpc) is 3.41. The molecule has 4 rings (SSSR count). The molecule has 0 radical (unpaired) electrons. The van der Waals surface area contributed by atoms with Gasteiger partial charge in [0.1, 0.15) is 16.5 Å². The molecule has 0 unspecified atom stereocenters. The van der Waals surface area contributed by atoms with Crippen molar-refractivity contribution in [1.82, 2.24) is 4.90 Å². The van der Waals surface area contributed by atoms with E-state index < -0.39 is 15.9 Å². The largest absolute Gasteiger partial charge is 0.493 e. The molecule has 0 bridgehead atoms. The van der Waals surface area contributed by atoms with E-state index in [1.807, 2.05) is 12.1 Å². The minimum absolute atomic E-state index is 0.0524. The predicted octanol–water partition coefficient (Wildman–Crippen LogP) is 6.34. The van der Waals surface area contributed by atoms with E-state index in [0.29, 0.717) is 16.9 Å². The van der Waals surface area contributed by atoms with Crippen LogP contribution in [0.1, 0.15) is 48.0 Å². The van der Waals surface area contributed by atoms with Crippen LogP contribution in [0.3, 0.4) is 0 Å². The van der Waals surface area contributed by atoms with E-state index in [1.165, 1.54) is 19.4 Å². The molecular weight excluding hydrogens is 521 g/mol. The van der Waals surface area contributed by atoms with E-state index in [9.17, 15) is 17.6 Å². The highest BCUT2D eigenvalue weighted by molar-refractivity contribution is 7.87. The van der Waals surface area contributed by atoms with Gasteiger partial charge in [-0.25, -0.2) is 4.39 Å². The van der Waals surface area contributed by atoms with Crippen molar-refractivity contribution >= 4 is 16.0 Å². The molecule has 0 N–H and O–H groups in total. The summed E-state index contributed by atoms with van der Waals surface area (Å²) in [5, 5.41) is 0. The number of halogens is 1. The van der Waals surface area contributed by atoms with E-state index in [1.54, 1.807) is 41.3 Å². The molecule has 1 heterocycles. The minimum Gasteiger partial charge on any atom is -0.493 e. The molecule has 0 aliphatic heterocycles. The second kappa shape index (κ2) is 11.3. The quantitative estimate of drug-likeness (QED) is 0.226. The summed E-state index contributed by atoms with van der Waals surface area (Å²) in [6, 6.07) is 20.1. The lowest BCUT2D eigenvalue weighted by molar-refractivity contribution is 0.0717. The fraction of sp³-hybridized carbons (Fsp3) is 0.233. The van der Waals surface area contributed by atoms with E-state index in [0.717, 1.165) is 29.8 Å². The number of ether oxygens (including phenoxy) is 1. The number of furan rings is 1. The first-order valence-corrected chi connectivity index (χ1v) is 13.7. The van der Waals surface area contributed by atoms with Crippen molar-refractivity contribution in [2.24, 2.45) is 0 Å². The zero-order valence-electron chi connectivity index (χ0n) is 22.2. The number of hydrogen-bond donors (Lipinski definition) is 0. The summed E-state index contributed by atoms with van der Waals surface area (Å²) in [5.74, 6) is -0.0594. The maximum atomic E-state index is 13.6. The molecule has 3 aromatic carbocycles. The molecule has 0 saturated heterocycles. The average molecular weight is 552 g/mol. The molecule has 4 aromatic rings. The van der Waals surface area contributed by atoms with E-state index in [-0.39, 0.29) is 40.8 Å². The molecule has 7 nitrogen and oxygen atoms in total. The van der Waals surface area contributed by atoms with Crippen LogP contribution in [0, 0.1) is 5.82 Å². The van der Waals surface area contributed by atoms with Gasteiger partial charge >= 0.3 is 10.1 Å². The van der Waals surface area contributed by atoms with Crippen molar-refractivity contribution in [1.29, 1.82) is 0 Å². The molecule has 0 aliphatic carbocycles. The molecule has 0 saturated carbocycles. The second-order valence-corrected chi connectivity index (χ2v) is 11.6. The van der Waals surface area contributed by atoms with Gasteiger partial charge in [-0.1, -0.05) is 39.0 Å². The van der Waals surface area contributed by atoms with Gasteiger partial charge in [-0.2, -0.15) is 8.42 Å². The highest BCUT2D eigenvalue weighted by Crippen LogP contribution is 2.32. The minimum atomic E-state index is -4.27. The van der Waals surface area contributed by atoms with E-state index in [2.05, 4.69) is 20.8 Å². The van der Waals surface area contributed by atoms with Gasteiger partial charge in [0, 0.05) is 12.1 Å². The molecule has 0 aliphatic rings. The molecule has 0 spiro atoms. The summed E-state index contributed by atoms with van der Waals surface area (Å²) in [6.45, 7) is 6.65. The van der Waals surface area contributed by atoms with Crippen LogP contribution in [0.2, 0.25) is 0 Å². The predicted molar refractivity (Wildman–Crippen MR) is 145 cm³/mol. The Kier molecular flexibility index (Phi) is 8.11. The third-order valence-corrected chi connectivity index (χ3v) is 7.36. The molecular formula is C30H30FNO6S. The molecule has 204 valence electrons. The second-order valence-electron chi connectivity index (χ2n) is 10.0. The lowest BCUT2D eigenvalue weighted by Crippen LogP contribution is -2.30. The lowest BCUT2D eigenvalue weighted by atomic mass is 9.86. The van der Waals surface area contributed by atoms with Gasteiger partial charge < -0.3 is 18.2 Å². The van der Waals surface area contributed by atoms with Gasteiger partial charge in [-0.05, 0) is 77.2 Å². The summed E-state index contributed by atoms with van der Waals surface area (Å²) < 4.78 is 55.1. The van der Waals surface area contributed by atoms with Crippen molar-refractivity contribution in [3.8, 4) is 11.5 Å². The number of benzene rings is 3. The number of rotatable bonds is 9. The van der Waals surface area contributed by atoms with Gasteiger partial charge in [0.15, 0.2) is 11.5 Å². The first kappa shape index (κ1) is 27.9. The van der Waals surface area contributed by atoms with Crippen LogP contribution in [-0.4, -0.2) is 26.3 Å². The highest BCUT2D eigenvalue weighted by Gasteiger charge is 2.23. The maximum absolute atomic E-state index is 13.6. The molecule has 39 heavy (non-hydrogen) atoms. The lowest BCUT2D eigenvalue weighted by Gasteiger charge is -2.24. The molecule has 1 aromatic heterocycles. The Morgan fingerprint density at radius 1 is 0.923 bits per heavy atom. The van der Waals surface area contributed by atoms with Crippen LogP contribution in [0.4, 0.5) is 4.39 Å². The summed E-state index contributed by atoms with van der Waals surface area (Å²) in [7, 11) is -2.88. The highest BCUT2D eigenvalue weighted by atomic mass is 32.2. The van der Waals surface area contributed by atoms with Gasteiger partial charge in [-0.15, -0.1) is 0 Å². The van der Waals surface area contributed by atoms with Crippen LogP contribution < -0.4 is 8.92 Å². The first-order valence-electron chi connectivity index (χ1n) is 12.3. The summed E-state index contributed by atoms with van der Waals surface area (Å²) in [5.41, 5.74) is 2.17. The third kappa shape index (κ3) is 6.86. The number of methoxy groups -OCH3 is 1. The third-order valence-electron chi connectivity index (χ3n) is 6.12. The zero-order valence-corrected chi connectivity index (χ0v) is 23.0. The number of amides is 1. The molecule has 0 atom stereocenters. The summed E-state index contributed by atoms with van der Waals surface area (Å²) >= 11 is 0. The van der Waals surface area contributed by atoms with Crippen LogP contribution in [0.5, 0.6) is 11.5 Å². The molecule has 9 heteroatoms. The summed E-state index contributed by atoms with van der Waals surface area (Å²) in [6.07, 6.45) is 1.54. The normalized spacial score (nSPS) is 11.7. The van der Waals surface area contributed by atoms with Gasteiger partial charge in [0.05, 0.1) is 19.9 Å². The number of nitrogens with zero attached hydrogens (tertiary/aromatic N) is 1. The van der Waals surface area contributed by atoms with Crippen molar-refractivity contribution in [3.05, 3.63) is 113 Å². The number of carbonyl (C=O) groups is 1. The van der Waals surface area contributed by atoms with Gasteiger partial charge in [-0.3, -0.25) is 4.79 Å². The zero-order chi connectivity index (χ0) is 28.2. The molecule has 1 amide bonds. The van der Waals surface area contributed by atoms with Crippen molar-refractivity contribution in [2.75, 3.05) is 7.11 Å². The van der Waals surface area contributed by atoms with Crippen molar-refractivity contribution in [3.63, 3.8) is 0 Å². The topological polar surface area (TPSA) is 86.0 Å². The maximum Gasteiger partial charge on any atom is 0.339 e. The first-order chi connectivity index (χ1) is 18.5. The SMILES string of the molecule is COc1ccc(CN(Cc2ccco2)C(=O)c2ccc(C(C)(C)C)cc2)cc1OS(=O)(=O)c1ccc(F)cc1. The Labute approximate surface area is 227 Å². The Morgan fingerprint density at radius 2 is 1.62 bits per heavy atom.